The van der Waals surface area contributed by atoms with Crippen LogP contribution in [0.25, 0.3) is 0 Å². The highest BCUT2D eigenvalue weighted by atomic mass is 35.5. The SMILES string of the molecule is N#CCC(=O)NCCNS(=O)(=O)c1ccc(Cl)cc1. The van der Waals surface area contributed by atoms with Gasteiger partial charge in [0, 0.05) is 18.1 Å². The maximum atomic E-state index is 11.8. The molecule has 1 aromatic rings. The van der Waals surface area contributed by atoms with E-state index in [1.807, 2.05) is 0 Å². The standard InChI is InChI=1S/C11H12ClN3O3S/c12-9-1-3-10(4-2-9)19(17,18)15-8-7-14-11(16)5-6-13/h1-4,15H,5,7-8H2,(H,14,16). The Hall–Kier alpha value is -1.62. The number of benzene rings is 1. The molecule has 6 nitrogen and oxygen atoms in total. The van der Waals surface area contributed by atoms with Crippen LogP contribution in [0.2, 0.25) is 5.02 Å². The summed E-state index contributed by atoms with van der Waals surface area (Å²) in [7, 11) is -3.61. The average molecular weight is 302 g/mol. The largest absolute Gasteiger partial charge is 0.354 e. The van der Waals surface area contributed by atoms with Gasteiger partial charge in [0.25, 0.3) is 0 Å². The molecule has 19 heavy (non-hydrogen) atoms. The molecule has 0 aliphatic carbocycles. The van der Waals surface area contributed by atoms with Gasteiger partial charge in [0.1, 0.15) is 6.42 Å². The van der Waals surface area contributed by atoms with Gasteiger partial charge in [-0.3, -0.25) is 4.79 Å². The van der Waals surface area contributed by atoms with E-state index in [2.05, 4.69) is 10.0 Å². The first-order valence-corrected chi connectivity index (χ1v) is 7.21. The van der Waals surface area contributed by atoms with Gasteiger partial charge in [-0.2, -0.15) is 5.26 Å². The number of nitrogens with zero attached hydrogens (tertiary/aromatic N) is 1. The van der Waals surface area contributed by atoms with Gasteiger partial charge >= 0.3 is 0 Å². The zero-order valence-corrected chi connectivity index (χ0v) is 11.5. The van der Waals surface area contributed by atoms with Crippen molar-refractivity contribution in [3.05, 3.63) is 29.3 Å². The maximum absolute atomic E-state index is 11.8. The molecule has 1 amide bonds. The maximum Gasteiger partial charge on any atom is 0.240 e. The molecule has 0 saturated carbocycles. The first kappa shape index (κ1) is 15.4. The number of amides is 1. The summed E-state index contributed by atoms with van der Waals surface area (Å²) in [5, 5.41) is 11.1. The van der Waals surface area contributed by atoms with Crippen LogP contribution in [0.15, 0.2) is 29.2 Å². The van der Waals surface area contributed by atoms with E-state index in [1.54, 1.807) is 6.07 Å². The lowest BCUT2D eigenvalue weighted by atomic mass is 10.4. The van der Waals surface area contributed by atoms with E-state index >= 15 is 0 Å². The molecule has 0 aliphatic rings. The Morgan fingerprint density at radius 2 is 1.89 bits per heavy atom. The molecule has 1 aromatic carbocycles. The van der Waals surface area contributed by atoms with Crippen molar-refractivity contribution in [2.24, 2.45) is 0 Å². The number of nitriles is 1. The summed E-state index contributed by atoms with van der Waals surface area (Å²) in [4.78, 5) is 11.0. The fourth-order valence-electron chi connectivity index (χ4n) is 1.22. The summed E-state index contributed by atoms with van der Waals surface area (Å²) in [5.74, 6) is -0.437. The lowest BCUT2D eigenvalue weighted by molar-refractivity contribution is -0.120. The van der Waals surface area contributed by atoms with Gasteiger partial charge < -0.3 is 5.32 Å². The van der Waals surface area contributed by atoms with Crippen molar-refractivity contribution < 1.29 is 13.2 Å². The monoisotopic (exact) mass is 301 g/mol. The summed E-state index contributed by atoms with van der Waals surface area (Å²) >= 11 is 5.66. The summed E-state index contributed by atoms with van der Waals surface area (Å²) in [6.07, 6.45) is -0.246. The summed E-state index contributed by atoms with van der Waals surface area (Å²) in [5.41, 5.74) is 0. The third-order valence-electron chi connectivity index (χ3n) is 2.10. The topological polar surface area (TPSA) is 99.1 Å². The molecule has 0 radical (unpaired) electrons. The third kappa shape index (κ3) is 5.26. The number of carbonyl (C=O) groups excluding carboxylic acids is 1. The molecule has 0 aromatic heterocycles. The Morgan fingerprint density at radius 3 is 2.47 bits per heavy atom. The van der Waals surface area contributed by atoms with E-state index in [9.17, 15) is 13.2 Å². The first-order valence-electron chi connectivity index (χ1n) is 5.34. The van der Waals surface area contributed by atoms with Crippen LogP contribution in [0.1, 0.15) is 6.42 Å². The highest BCUT2D eigenvalue weighted by Gasteiger charge is 2.12. The van der Waals surface area contributed by atoms with Gasteiger partial charge in [-0.15, -0.1) is 0 Å². The second-order valence-electron chi connectivity index (χ2n) is 3.54. The van der Waals surface area contributed by atoms with E-state index in [1.165, 1.54) is 24.3 Å². The van der Waals surface area contributed by atoms with Crippen LogP contribution in [-0.2, 0) is 14.8 Å². The van der Waals surface area contributed by atoms with Crippen molar-refractivity contribution in [2.75, 3.05) is 13.1 Å². The third-order valence-corrected chi connectivity index (χ3v) is 3.83. The van der Waals surface area contributed by atoms with Crippen LogP contribution < -0.4 is 10.0 Å². The zero-order valence-electron chi connectivity index (χ0n) is 9.89. The van der Waals surface area contributed by atoms with Crippen LogP contribution >= 0.6 is 11.6 Å². The Labute approximate surface area is 116 Å². The lowest BCUT2D eigenvalue weighted by Gasteiger charge is -2.07. The minimum absolute atomic E-state index is 0.0438. The molecule has 2 N–H and O–H groups in total. The van der Waals surface area contributed by atoms with Crippen LogP contribution in [0.5, 0.6) is 0 Å². The fraction of sp³-hybridized carbons (Fsp3) is 0.273. The highest BCUT2D eigenvalue weighted by molar-refractivity contribution is 7.89. The molecule has 1 rings (SSSR count). The first-order chi connectivity index (χ1) is 8.95. The Kier molecular flexibility index (Phi) is 5.76. The summed E-state index contributed by atoms with van der Waals surface area (Å²) in [6, 6.07) is 7.42. The molecule has 0 fully saturated rings. The van der Waals surface area contributed by atoms with Crippen molar-refractivity contribution in [1.29, 1.82) is 5.26 Å². The van der Waals surface area contributed by atoms with Gasteiger partial charge in [-0.25, -0.2) is 13.1 Å². The van der Waals surface area contributed by atoms with Crippen LogP contribution in [0, 0.1) is 11.3 Å². The second kappa shape index (κ2) is 7.09. The normalized spacial score (nSPS) is 10.7. The molecular formula is C11H12ClN3O3S. The number of hydrogen-bond acceptors (Lipinski definition) is 4. The average Bonchev–Trinajstić information content (AvgIpc) is 2.36. The molecule has 8 heteroatoms. The van der Waals surface area contributed by atoms with Gasteiger partial charge in [-0.1, -0.05) is 11.6 Å². The Morgan fingerprint density at radius 1 is 1.26 bits per heavy atom. The van der Waals surface area contributed by atoms with Crippen LogP contribution in [0.3, 0.4) is 0 Å². The van der Waals surface area contributed by atoms with Crippen molar-refractivity contribution in [3.8, 4) is 6.07 Å². The molecule has 0 atom stereocenters. The number of halogens is 1. The smallest absolute Gasteiger partial charge is 0.240 e. The second-order valence-corrected chi connectivity index (χ2v) is 5.74. The van der Waals surface area contributed by atoms with E-state index < -0.39 is 15.9 Å². The zero-order chi connectivity index (χ0) is 14.3. The Balaban J connectivity index is 2.46. The quantitative estimate of drug-likeness (QED) is 0.753. The van der Waals surface area contributed by atoms with E-state index in [0.29, 0.717) is 5.02 Å². The van der Waals surface area contributed by atoms with Gasteiger partial charge in [-0.05, 0) is 24.3 Å². The number of carbonyl (C=O) groups is 1. The number of hydrogen-bond donors (Lipinski definition) is 2. The van der Waals surface area contributed by atoms with Gasteiger partial charge in [0.05, 0.1) is 11.0 Å². The van der Waals surface area contributed by atoms with Crippen molar-refractivity contribution in [3.63, 3.8) is 0 Å². The summed E-state index contributed by atoms with van der Waals surface area (Å²) < 4.78 is 25.9. The van der Waals surface area contributed by atoms with Gasteiger partial charge in [0.15, 0.2) is 0 Å². The van der Waals surface area contributed by atoms with Crippen molar-refractivity contribution in [2.45, 2.75) is 11.3 Å². The number of sulfonamides is 1. The molecule has 0 saturated heterocycles. The minimum atomic E-state index is -3.61. The predicted octanol–water partition coefficient (Wildman–Crippen LogP) is 0.648. The molecular weight excluding hydrogens is 290 g/mol. The van der Waals surface area contributed by atoms with E-state index in [-0.39, 0.29) is 24.4 Å². The minimum Gasteiger partial charge on any atom is -0.354 e. The molecule has 102 valence electrons. The summed E-state index contributed by atoms with van der Waals surface area (Å²) in [6.45, 7) is 0.162. The predicted molar refractivity (Wildman–Crippen MR) is 69.9 cm³/mol. The highest BCUT2D eigenvalue weighted by Crippen LogP contribution is 2.13. The molecule has 0 unspecified atom stereocenters. The lowest BCUT2D eigenvalue weighted by Crippen LogP contribution is -2.34. The number of nitrogens with one attached hydrogen (secondary N) is 2. The van der Waals surface area contributed by atoms with Crippen molar-refractivity contribution in [1.82, 2.24) is 10.0 Å². The van der Waals surface area contributed by atoms with Gasteiger partial charge in [0.2, 0.25) is 15.9 Å². The van der Waals surface area contributed by atoms with E-state index in [4.69, 9.17) is 16.9 Å². The molecule has 0 bridgehead atoms. The van der Waals surface area contributed by atoms with E-state index in [0.717, 1.165) is 0 Å². The molecule has 0 heterocycles. The van der Waals surface area contributed by atoms with Crippen molar-refractivity contribution >= 4 is 27.5 Å². The van der Waals surface area contributed by atoms with Crippen LogP contribution in [-0.4, -0.2) is 27.4 Å². The fourth-order valence-corrected chi connectivity index (χ4v) is 2.38. The van der Waals surface area contributed by atoms with Crippen LogP contribution in [0.4, 0.5) is 0 Å². The Bertz CT molecular complexity index is 578. The molecule has 0 spiro atoms. The molecule has 0 aliphatic heterocycles. The number of rotatable bonds is 6.